The van der Waals surface area contributed by atoms with Crippen molar-refractivity contribution in [3.63, 3.8) is 0 Å². The Morgan fingerprint density at radius 1 is 1.12 bits per heavy atom. The van der Waals surface area contributed by atoms with Gasteiger partial charge >= 0.3 is 0 Å². The minimum atomic E-state index is -0.965. The fourth-order valence-corrected chi connectivity index (χ4v) is 3.19. The average molecular weight is 334 g/mol. The quantitative estimate of drug-likeness (QED) is 0.860. The summed E-state index contributed by atoms with van der Waals surface area (Å²) in [5.41, 5.74) is 2.14. The first-order valence-corrected chi connectivity index (χ1v) is 8.55. The van der Waals surface area contributed by atoms with E-state index in [1.807, 2.05) is 17.0 Å². The van der Waals surface area contributed by atoms with Gasteiger partial charge in [0.1, 0.15) is 5.75 Å². The van der Waals surface area contributed by atoms with Gasteiger partial charge in [-0.05, 0) is 62.1 Å². The van der Waals surface area contributed by atoms with Crippen molar-refractivity contribution in [3.8, 4) is 11.8 Å². The van der Waals surface area contributed by atoms with E-state index in [-0.39, 0.29) is 5.91 Å². The molecular weight excluding hydrogens is 312 g/mol. The normalized spacial score (nSPS) is 14.2. The molecule has 2 aromatic carbocycles. The first kappa shape index (κ1) is 17.0. The summed E-state index contributed by atoms with van der Waals surface area (Å²) in [6, 6.07) is 17.2. The van der Waals surface area contributed by atoms with E-state index >= 15 is 0 Å². The Hall–Kier alpha value is -2.80. The van der Waals surface area contributed by atoms with Crippen molar-refractivity contribution in [2.24, 2.45) is 0 Å². The lowest BCUT2D eigenvalue weighted by molar-refractivity contribution is -0.146. The number of nitriles is 1. The van der Waals surface area contributed by atoms with Gasteiger partial charge in [0.15, 0.2) is 5.60 Å². The van der Waals surface area contributed by atoms with Gasteiger partial charge in [0, 0.05) is 13.1 Å². The van der Waals surface area contributed by atoms with Gasteiger partial charge in [-0.15, -0.1) is 0 Å². The van der Waals surface area contributed by atoms with Crippen LogP contribution in [-0.2, 0) is 17.8 Å². The molecule has 1 aliphatic rings. The number of ether oxygens (including phenoxy) is 1. The van der Waals surface area contributed by atoms with E-state index in [0.717, 1.165) is 19.4 Å². The van der Waals surface area contributed by atoms with Crippen LogP contribution in [0.15, 0.2) is 48.5 Å². The maximum absolute atomic E-state index is 13.1. The third-order valence-electron chi connectivity index (χ3n) is 4.51. The van der Waals surface area contributed by atoms with Crippen LogP contribution in [0.4, 0.5) is 0 Å². The first-order valence-electron chi connectivity index (χ1n) is 8.55. The minimum absolute atomic E-state index is 0.0198. The van der Waals surface area contributed by atoms with E-state index in [9.17, 15) is 4.79 Å². The number of amides is 1. The van der Waals surface area contributed by atoms with Crippen LogP contribution in [0.1, 0.15) is 37.0 Å². The van der Waals surface area contributed by atoms with Gasteiger partial charge in [-0.2, -0.15) is 5.26 Å². The summed E-state index contributed by atoms with van der Waals surface area (Å²) < 4.78 is 5.94. The summed E-state index contributed by atoms with van der Waals surface area (Å²) in [4.78, 5) is 14.9. The molecule has 0 unspecified atom stereocenters. The molecule has 2 aromatic rings. The molecule has 0 saturated heterocycles. The number of benzene rings is 2. The maximum Gasteiger partial charge on any atom is 0.266 e. The van der Waals surface area contributed by atoms with Gasteiger partial charge in [-0.25, -0.2) is 0 Å². The summed E-state index contributed by atoms with van der Waals surface area (Å²) in [5.74, 6) is 0.570. The van der Waals surface area contributed by atoms with Gasteiger partial charge in [0.05, 0.1) is 11.6 Å². The highest BCUT2D eigenvalue weighted by Crippen LogP contribution is 2.24. The van der Waals surface area contributed by atoms with Crippen LogP contribution in [0, 0.1) is 11.3 Å². The molecule has 0 atom stereocenters. The van der Waals surface area contributed by atoms with E-state index in [4.69, 9.17) is 10.00 Å². The number of fused-ring (bicyclic) bond motifs is 1. The summed E-state index contributed by atoms with van der Waals surface area (Å²) in [6.45, 7) is 4.94. The molecule has 4 heteroatoms. The average Bonchev–Trinajstić information content (AvgIpc) is 2.83. The van der Waals surface area contributed by atoms with Gasteiger partial charge in [-0.1, -0.05) is 24.3 Å². The zero-order valence-electron chi connectivity index (χ0n) is 14.7. The highest BCUT2D eigenvalue weighted by Gasteiger charge is 2.35. The van der Waals surface area contributed by atoms with Crippen molar-refractivity contribution >= 4 is 5.91 Å². The molecule has 25 heavy (non-hydrogen) atoms. The number of nitrogens with zero attached hydrogens (tertiary/aromatic N) is 2. The van der Waals surface area contributed by atoms with Crippen molar-refractivity contribution in [1.29, 1.82) is 5.26 Å². The number of carbonyl (C=O) groups is 1. The molecule has 0 saturated carbocycles. The number of rotatable bonds is 3. The number of carbonyl (C=O) groups excluding carboxylic acids is 1. The Labute approximate surface area is 148 Å². The topological polar surface area (TPSA) is 53.3 Å². The molecule has 0 bridgehead atoms. The van der Waals surface area contributed by atoms with Crippen LogP contribution < -0.4 is 4.74 Å². The zero-order chi connectivity index (χ0) is 17.9. The summed E-state index contributed by atoms with van der Waals surface area (Å²) in [6.07, 6.45) is 1.95. The summed E-state index contributed by atoms with van der Waals surface area (Å²) in [5, 5.41) is 8.87. The lowest BCUT2D eigenvalue weighted by Gasteiger charge is -2.32. The van der Waals surface area contributed by atoms with Crippen molar-refractivity contribution in [2.45, 2.75) is 38.8 Å². The Bertz CT molecular complexity index is 803. The molecule has 1 heterocycles. The highest BCUT2D eigenvalue weighted by molar-refractivity contribution is 5.85. The van der Waals surface area contributed by atoms with Crippen LogP contribution in [0.2, 0.25) is 0 Å². The highest BCUT2D eigenvalue weighted by atomic mass is 16.5. The number of hydrogen-bond donors (Lipinski definition) is 0. The molecule has 0 aliphatic carbocycles. The Morgan fingerprint density at radius 2 is 1.80 bits per heavy atom. The molecule has 0 radical (unpaired) electrons. The molecular formula is C21H22N2O2. The van der Waals surface area contributed by atoms with E-state index in [2.05, 4.69) is 18.2 Å². The molecule has 128 valence electrons. The minimum Gasteiger partial charge on any atom is -0.478 e. The largest absolute Gasteiger partial charge is 0.478 e. The zero-order valence-corrected chi connectivity index (χ0v) is 14.7. The molecule has 0 N–H and O–H groups in total. The maximum atomic E-state index is 13.1. The lowest BCUT2D eigenvalue weighted by atomic mass is 10.0. The fourth-order valence-electron chi connectivity index (χ4n) is 3.19. The Balaban J connectivity index is 1.75. The van der Waals surface area contributed by atoms with Gasteiger partial charge in [0.2, 0.25) is 0 Å². The van der Waals surface area contributed by atoms with E-state index in [0.29, 0.717) is 17.9 Å². The molecule has 0 spiro atoms. The lowest BCUT2D eigenvalue weighted by Crippen LogP contribution is -2.48. The van der Waals surface area contributed by atoms with Crippen molar-refractivity contribution in [1.82, 2.24) is 4.90 Å². The monoisotopic (exact) mass is 334 g/mol. The summed E-state index contributed by atoms with van der Waals surface area (Å²) >= 11 is 0. The summed E-state index contributed by atoms with van der Waals surface area (Å²) in [7, 11) is 0. The van der Waals surface area contributed by atoms with Crippen molar-refractivity contribution < 1.29 is 9.53 Å². The van der Waals surface area contributed by atoms with Crippen LogP contribution in [0.5, 0.6) is 5.75 Å². The third-order valence-corrected chi connectivity index (χ3v) is 4.51. The van der Waals surface area contributed by atoms with E-state index < -0.39 is 5.60 Å². The van der Waals surface area contributed by atoms with Crippen molar-refractivity contribution in [3.05, 3.63) is 65.2 Å². The Kier molecular flexibility index (Phi) is 4.76. The SMILES string of the molecule is CC(C)(Oc1ccc(C#N)cc1)C(=O)N1CCCc2ccccc2C1. The number of hydrogen-bond acceptors (Lipinski definition) is 3. The molecule has 1 aliphatic heterocycles. The third kappa shape index (κ3) is 3.83. The van der Waals surface area contributed by atoms with Gasteiger partial charge < -0.3 is 9.64 Å². The number of aryl methyl sites for hydroxylation is 1. The molecule has 0 aromatic heterocycles. The molecule has 4 nitrogen and oxygen atoms in total. The van der Waals surface area contributed by atoms with Crippen molar-refractivity contribution in [2.75, 3.05) is 6.54 Å². The van der Waals surface area contributed by atoms with E-state index in [1.54, 1.807) is 38.1 Å². The fraction of sp³-hybridized carbons (Fsp3) is 0.333. The smallest absolute Gasteiger partial charge is 0.266 e. The standard InChI is InChI=1S/C21H22N2O2/c1-21(2,25-19-11-9-16(14-22)10-12-19)20(24)23-13-5-8-17-6-3-4-7-18(17)15-23/h3-4,6-7,9-12H,5,8,13,15H2,1-2H3. The predicted molar refractivity (Wildman–Crippen MR) is 96.0 cm³/mol. The van der Waals surface area contributed by atoms with Crippen LogP contribution in [0.3, 0.4) is 0 Å². The predicted octanol–water partition coefficient (Wildman–Crippen LogP) is 3.69. The first-order chi connectivity index (χ1) is 12.0. The Morgan fingerprint density at radius 3 is 2.48 bits per heavy atom. The van der Waals surface area contributed by atoms with Crippen LogP contribution in [0.25, 0.3) is 0 Å². The second-order valence-corrected chi connectivity index (χ2v) is 6.85. The second-order valence-electron chi connectivity index (χ2n) is 6.85. The van der Waals surface area contributed by atoms with Gasteiger partial charge in [-0.3, -0.25) is 4.79 Å². The molecule has 0 fully saturated rings. The van der Waals surface area contributed by atoms with Crippen LogP contribution in [-0.4, -0.2) is 23.0 Å². The second kappa shape index (κ2) is 6.98. The van der Waals surface area contributed by atoms with Gasteiger partial charge in [0.25, 0.3) is 5.91 Å². The van der Waals surface area contributed by atoms with Crippen LogP contribution >= 0.6 is 0 Å². The van der Waals surface area contributed by atoms with E-state index in [1.165, 1.54) is 11.1 Å². The molecule has 1 amide bonds. The molecule has 3 rings (SSSR count).